The molecule has 0 aliphatic heterocycles. The van der Waals surface area contributed by atoms with Crippen LogP contribution in [0.5, 0.6) is 0 Å². The highest BCUT2D eigenvalue weighted by Gasteiger charge is 2.16. The molecular formula is C23H27N9OS. The monoisotopic (exact) mass is 477 g/mol. The Morgan fingerprint density at radius 2 is 1.74 bits per heavy atom. The van der Waals surface area contributed by atoms with Crippen LogP contribution < -0.4 is 5.32 Å². The molecule has 0 fully saturated rings. The van der Waals surface area contributed by atoms with E-state index in [0.29, 0.717) is 16.9 Å². The van der Waals surface area contributed by atoms with Gasteiger partial charge in [0.1, 0.15) is 5.82 Å². The molecule has 0 aliphatic rings. The number of carbonyl (C=O) groups is 1. The molecule has 11 heteroatoms. The van der Waals surface area contributed by atoms with Crippen molar-refractivity contribution in [3.8, 4) is 11.6 Å². The molecule has 0 radical (unpaired) electrons. The van der Waals surface area contributed by atoms with Gasteiger partial charge in [-0.1, -0.05) is 37.2 Å². The van der Waals surface area contributed by atoms with Crippen molar-refractivity contribution in [2.75, 3.05) is 11.1 Å². The Morgan fingerprint density at radius 3 is 2.44 bits per heavy atom. The highest BCUT2D eigenvalue weighted by Crippen LogP contribution is 2.20. The molecule has 3 aromatic heterocycles. The van der Waals surface area contributed by atoms with Gasteiger partial charge in [0.15, 0.2) is 0 Å². The molecule has 176 valence electrons. The standard InChI is InChI=1S/C23H27N9OS/c1-5-6-7-18-8-10-19(11-9-18)31-23(27-29-30-31)34-14-21(33)26-20-13-17(4)28-32(20)22-24-15(2)12-16(3)25-22/h8-13H,5-7,14H2,1-4H3,(H,26,33). The highest BCUT2D eigenvalue weighted by molar-refractivity contribution is 7.99. The summed E-state index contributed by atoms with van der Waals surface area (Å²) >= 11 is 1.26. The number of hydrogen-bond acceptors (Lipinski definition) is 8. The summed E-state index contributed by atoms with van der Waals surface area (Å²) in [6.07, 6.45) is 3.38. The van der Waals surface area contributed by atoms with Crippen LogP contribution in [0.4, 0.5) is 5.82 Å². The van der Waals surface area contributed by atoms with E-state index in [1.807, 2.05) is 39.0 Å². The fourth-order valence-electron chi connectivity index (χ4n) is 3.47. The number of rotatable bonds is 9. The summed E-state index contributed by atoms with van der Waals surface area (Å²) in [5, 5.41) is 19.8. The van der Waals surface area contributed by atoms with E-state index in [-0.39, 0.29) is 11.7 Å². The van der Waals surface area contributed by atoms with Crippen LogP contribution in [-0.4, -0.2) is 51.6 Å². The lowest BCUT2D eigenvalue weighted by Gasteiger charge is -2.09. The smallest absolute Gasteiger partial charge is 0.252 e. The number of aromatic nitrogens is 8. The fourth-order valence-corrected chi connectivity index (χ4v) is 4.16. The molecule has 4 aromatic rings. The molecule has 3 heterocycles. The third-order valence-electron chi connectivity index (χ3n) is 5.03. The summed E-state index contributed by atoms with van der Waals surface area (Å²) in [7, 11) is 0. The lowest BCUT2D eigenvalue weighted by atomic mass is 10.1. The maximum absolute atomic E-state index is 12.7. The van der Waals surface area contributed by atoms with Crippen LogP contribution >= 0.6 is 11.8 Å². The Kier molecular flexibility index (Phi) is 7.31. The van der Waals surface area contributed by atoms with Gasteiger partial charge in [-0.05, 0) is 67.8 Å². The molecule has 0 bridgehead atoms. The number of nitrogens with zero attached hydrogens (tertiary/aromatic N) is 8. The molecule has 4 rings (SSSR count). The normalized spacial score (nSPS) is 11.1. The van der Waals surface area contributed by atoms with Crippen molar-refractivity contribution in [2.24, 2.45) is 0 Å². The number of anilines is 1. The zero-order valence-corrected chi connectivity index (χ0v) is 20.5. The minimum Gasteiger partial charge on any atom is -0.310 e. The number of carbonyl (C=O) groups excluding carboxylic acids is 1. The van der Waals surface area contributed by atoms with Gasteiger partial charge in [0.2, 0.25) is 11.1 Å². The summed E-state index contributed by atoms with van der Waals surface area (Å²) in [4.78, 5) is 21.6. The number of tetrazole rings is 1. The number of hydrogen-bond donors (Lipinski definition) is 1. The lowest BCUT2D eigenvalue weighted by molar-refractivity contribution is -0.113. The number of thioether (sulfide) groups is 1. The lowest BCUT2D eigenvalue weighted by Crippen LogP contribution is -2.18. The van der Waals surface area contributed by atoms with E-state index in [4.69, 9.17) is 0 Å². The van der Waals surface area contributed by atoms with Crippen molar-refractivity contribution < 1.29 is 4.79 Å². The summed E-state index contributed by atoms with van der Waals surface area (Å²) in [5.74, 6) is 0.850. The summed E-state index contributed by atoms with van der Waals surface area (Å²) < 4.78 is 3.18. The van der Waals surface area contributed by atoms with Crippen LogP contribution in [0, 0.1) is 20.8 Å². The Hall–Kier alpha value is -3.60. The zero-order chi connectivity index (χ0) is 24.1. The Morgan fingerprint density at radius 1 is 1.00 bits per heavy atom. The molecule has 0 aliphatic carbocycles. The van der Waals surface area contributed by atoms with Crippen molar-refractivity contribution in [2.45, 2.75) is 52.1 Å². The molecule has 1 N–H and O–H groups in total. The first kappa shape index (κ1) is 23.6. The molecule has 1 amide bonds. The maximum Gasteiger partial charge on any atom is 0.252 e. The highest BCUT2D eigenvalue weighted by atomic mass is 32.2. The fraction of sp³-hybridized carbons (Fsp3) is 0.348. The second-order valence-corrected chi connectivity index (χ2v) is 8.96. The summed E-state index contributed by atoms with van der Waals surface area (Å²) in [5.41, 5.74) is 4.54. The van der Waals surface area contributed by atoms with E-state index in [9.17, 15) is 4.79 Å². The molecule has 10 nitrogen and oxygen atoms in total. The van der Waals surface area contributed by atoms with Crippen LogP contribution in [0.2, 0.25) is 0 Å². The van der Waals surface area contributed by atoms with Gasteiger partial charge in [-0.2, -0.15) is 14.5 Å². The van der Waals surface area contributed by atoms with Crippen LogP contribution in [0.15, 0.2) is 41.6 Å². The van der Waals surface area contributed by atoms with Crippen molar-refractivity contribution in [3.63, 3.8) is 0 Å². The first-order chi connectivity index (χ1) is 16.4. The van der Waals surface area contributed by atoms with Crippen LogP contribution in [-0.2, 0) is 11.2 Å². The number of nitrogens with one attached hydrogen (secondary N) is 1. The molecule has 1 aromatic carbocycles. The van der Waals surface area contributed by atoms with Crippen molar-refractivity contribution in [1.82, 2.24) is 40.0 Å². The average Bonchev–Trinajstić information content (AvgIpc) is 3.42. The largest absolute Gasteiger partial charge is 0.310 e. The maximum atomic E-state index is 12.7. The zero-order valence-electron chi connectivity index (χ0n) is 19.7. The molecule has 0 atom stereocenters. The van der Waals surface area contributed by atoms with Gasteiger partial charge in [0, 0.05) is 17.5 Å². The van der Waals surface area contributed by atoms with Gasteiger partial charge in [-0.25, -0.2) is 9.97 Å². The van der Waals surface area contributed by atoms with E-state index in [1.165, 1.54) is 17.3 Å². The second kappa shape index (κ2) is 10.6. The molecule has 0 saturated carbocycles. The van der Waals surface area contributed by atoms with E-state index in [0.717, 1.165) is 42.0 Å². The predicted octanol–water partition coefficient (Wildman–Crippen LogP) is 3.64. The van der Waals surface area contributed by atoms with Crippen molar-refractivity contribution in [3.05, 3.63) is 59.0 Å². The van der Waals surface area contributed by atoms with Gasteiger partial charge >= 0.3 is 0 Å². The van der Waals surface area contributed by atoms with Crippen molar-refractivity contribution >= 4 is 23.5 Å². The summed E-state index contributed by atoms with van der Waals surface area (Å²) in [6, 6.07) is 11.8. The Labute approximate surface area is 202 Å². The van der Waals surface area contributed by atoms with Crippen LogP contribution in [0.25, 0.3) is 11.6 Å². The van der Waals surface area contributed by atoms with E-state index < -0.39 is 0 Å². The first-order valence-corrected chi connectivity index (χ1v) is 12.1. The van der Waals surface area contributed by atoms with E-state index >= 15 is 0 Å². The topological polar surface area (TPSA) is 116 Å². The minimum atomic E-state index is -0.208. The third-order valence-corrected chi connectivity index (χ3v) is 5.95. The minimum absolute atomic E-state index is 0.132. The number of aryl methyl sites for hydroxylation is 4. The molecule has 34 heavy (non-hydrogen) atoms. The average molecular weight is 478 g/mol. The van der Waals surface area contributed by atoms with Gasteiger partial charge < -0.3 is 5.32 Å². The number of benzene rings is 1. The Bertz CT molecular complexity index is 1260. The van der Waals surface area contributed by atoms with Crippen molar-refractivity contribution in [1.29, 1.82) is 0 Å². The quantitative estimate of drug-likeness (QED) is 0.363. The summed E-state index contributed by atoms with van der Waals surface area (Å²) in [6.45, 7) is 7.82. The molecule has 0 unspecified atom stereocenters. The van der Waals surface area contributed by atoms with Crippen LogP contribution in [0.1, 0.15) is 42.4 Å². The van der Waals surface area contributed by atoms with Gasteiger partial charge in [0.25, 0.3) is 5.95 Å². The van der Waals surface area contributed by atoms with E-state index in [1.54, 1.807) is 15.4 Å². The number of amides is 1. The second-order valence-electron chi connectivity index (χ2n) is 8.01. The first-order valence-electron chi connectivity index (χ1n) is 11.1. The van der Waals surface area contributed by atoms with Gasteiger partial charge in [0.05, 0.1) is 17.1 Å². The Balaban J connectivity index is 1.43. The number of unbranched alkanes of at least 4 members (excludes halogenated alkanes) is 1. The predicted molar refractivity (Wildman–Crippen MR) is 130 cm³/mol. The SMILES string of the molecule is CCCCc1ccc(-n2nnnc2SCC(=O)Nc2cc(C)nn2-c2nc(C)cc(C)n2)cc1. The molecular weight excluding hydrogens is 450 g/mol. The molecule has 0 saturated heterocycles. The van der Waals surface area contributed by atoms with Gasteiger partial charge in [-0.3, -0.25) is 4.79 Å². The third kappa shape index (κ3) is 5.66. The van der Waals surface area contributed by atoms with E-state index in [2.05, 4.69) is 55.0 Å². The van der Waals surface area contributed by atoms with Crippen LogP contribution in [0.3, 0.4) is 0 Å². The molecule has 0 spiro atoms. The van der Waals surface area contributed by atoms with Gasteiger partial charge in [-0.15, -0.1) is 5.10 Å².